The fourth-order valence-corrected chi connectivity index (χ4v) is 2.60. The van der Waals surface area contributed by atoms with Crippen molar-refractivity contribution in [3.63, 3.8) is 0 Å². The van der Waals surface area contributed by atoms with Gasteiger partial charge in [-0.25, -0.2) is 0 Å². The molecule has 0 aliphatic rings. The fourth-order valence-electron chi connectivity index (χ4n) is 2.39. The summed E-state index contributed by atoms with van der Waals surface area (Å²) in [6.45, 7) is 4.11. The maximum atomic E-state index is 12.3. The number of hydrogen-bond donors (Lipinski definition) is 0. The molecule has 12 heteroatoms. The first-order chi connectivity index (χ1) is 14.6. The van der Waals surface area contributed by atoms with Crippen molar-refractivity contribution in [1.82, 2.24) is 0 Å². The first-order valence-electron chi connectivity index (χ1n) is 9.00. The number of hydrogen-bond acceptors (Lipinski definition) is 7. The molecule has 0 bridgehead atoms. The predicted octanol–water partition coefficient (Wildman–Crippen LogP) is 5.72. The van der Waals surface area contributed by atoms with E-state index < -0.39 is 23.3 Å². The molecule has 2 aromatic rings. The number of ether oxygens (including phenoxy) is 5. The molecule has 0 N–H and O–H groups in total. The lowest BCUT2D eigenvalue weighted by molar-refractivity contribution is -0.386. The number of rotatable bonds is 11. The van der Waals surface area contributed by atoms with Crippen molar-refractivity contribution in [3.8, 4) is 23.0 Å². The van der Waals surface area contributed by atoms with E-state index in [9.17, 15) is 23.3 Å². The van der Waals surface area contributed by atoms with Crippen LogP contribution in [0, 0.1) is 10.1 Å². The smallest absolute Gasteiger partial charge is 0.481 e. The second-order valence-electron chi connectivity index (χ2n) is 5.78. The van der Waals surface area contributed by atoms with Crippen LogP contribution in [0.2, 0.25) is 5.02 Å². The van der Waals surface area contributed by atoms with Gasteiger partial charge in [0, 0.05) is 31.4 Å². The van der Waals surface area contributed by atoms with E-state index in [0.29, 0.717) is 13.2 Å². The third-order valence-electron chi connectivity index (χ3n) is 3.57. The lowest BCUT2D eigenvalue weighted by atomic mass is 10.2. The maximum absolute atomic E-state index is 12.3. The molecule has 31 heavy (non-hydrogen) atoms. The molecule has 0 atom stereocenters. The SMILES string of the molecule is CCOC(COc1cc(Oc2ccc(OC(F)(F)F)cc2Cl)ccc1[N+](=O)[O-])OCC. The summed E-state index contributed by atoms with van der Waals surface area (Å²) in [7, 11) is 0. The third-order valence-corrected chi connectivity index (χ3v) is 3.87. The Kier molecular flexibility index (Phi) is 8.72. The summed E-state index contributed by atoms with van der Waals surface area (Å²) in [5, 5.41) is 11.1. The highest BCUT2D eigenvalue weighted by atomic mass is 35.5. The number of benzene rings is 2. The summed E-state index contributed by atoms with van der Waals surface area (Å²) in [6.07, 6.45) is -5.59. The Bertz CT molecular complexity index is 889. The highest BCUT2D eigenvalue weighted by molar-refractivity contribution is 6.32. The number of nitro groups is 1. The lowest BCUT2D eigenvalue weighted by Gasteiger charge is -2.18. The van der Waals surface area contributed by atoms with Crippen LogP contribution < -0.4 is 14.2 Å². The molecule has 0 aliphatic carbocycles. The summed E-state index contributed by atoms with van der Waals surface area (Å²) >= 11 is 5.96. The molecule has 2 aromatic carbocycles. The van der Waals surface area contributed by atoms with Crippen LogP contribution in [0.3, 0.4) is 0 Å². The van der Waals surface area contributed by atoms with E-state index in [-0.39, 0.29) is 34.6 Å². The second kappa shape index (κ2) is 11.0. The van der Waals surface area contributed by atoms with Crippen molar-refractivity contribution in [1.29, 1.82) is 0 Å². The Hall–Kier alpha value is -2.76. The zero-order valence-electron chi connectivity index (χ0n) is 16.5. The van der Waals surface area contributed by atoms with Crippen molar-refractivity contribution in [3.05, 3.63) is 51.5 Å². The number of alkyl halides is 3. The van der Waals surface area contributed by atoms with Gasteiger partial charge >= 0.3 is 12.0 Å². The van der Waals surface area contributed by atoms with Gasteiger partial charge in [0.1, 0.15) is 23.9 Å². The molecule has 0 saturated heterocycles. The van der Waals surface area contributed by atoms with Crippen molar-refractivity contribution in [2.75, 3.05) is 19.8 Å². The Morgan fingerprint density at radius 1 is 1.03 bits per heavy atom. The standard InChI is InChI=1S/C19H19ClF3NO7/c1-3-27-18(28-4-2)11-29-17-10-12(5-7-15(17)24(25)26)30-16-8-6-13(9-14(16)20)31-19(21,22)23/h5-10,18H,3-4,11H2,1-2H3. The number of nitrogens with zero attached hydrogens (tertiary/aromatic N) is 1. The predicted molar refractivity (Wildman–Crippen MR) is 104 cm³/mol. The van der Waals surface area contributed by atoms with Crippen molar-refractivity contribution in [2.45, 2.75) is 26.5 Å². The first-order valence-corrected chi connectivity index (χ1v) is 9.38. The average molecular weight is 466 g/mol. The zero-order valence-corrected chi connectivity index (χ0v) is 17.2. The molecule has 8 nitrogen and oxygen atoms in total. The van der Waals surface area contributed by atoms with Gasteiger partial charge in [-0.1, -0.05) is 11.6 Å². The quantitative estimate of drug-likeness (QED) is 0.238. The van der Waals surface area contributed by atoms with Gasteiger partial charge in [0.2, 0.25) is 5.75 Å². The van der Waals surface area contributed by atoms with Gasteiger partial charge in [0.15, 0.2) is 6.29 Å². The molecule has 0 fully saturated rings. The van der Waals surface area contributed by atoms with Gasteiger partial charge in [0.25, 0.3) is 0 Å². The van der Waals surface area contributed by atoms with Gasteiger partial charge in [-0.05, 0) is 32.0 Å². The second-order valence-corrected chi connectivity index (χ2v) is 6.19. The average Bonchev–Trinajstić information content (AvgIpc) is 2.67. The molecule has 2 rings (SSSR count). The van der Waals surface area contributed by atoms with Crippen LogP contribution in [0.5, 0.6) is 23.0 Å². The summed E-state index contributed by atoms with van der Waals surface area (Å²) in [5.41, 5.74) is -0.320. The molecule has 0 unspecified atom stereocenters. The van der Waals surface area contributed by atoms with Crippen LogP contribution in [0.4, 0.5) is 18.9 Å². The number of halogens is 4. The maximum Gasteiger partial charge on any atom is 0.573 e. The normalized spacial score (nSPS) is 11.5. The largest absolute Gasteiger partial charge is 0.573 e. The van der Waals surface area contributed by atoms with Gasteiger partial charge in [-0.3, -0.25) is 10.1 Å². The molecule has 0 radical (unpaired) electrons. The van der Waals surface area contributed by atoms with Crippen LogP contribution >= 0.6 is 11.6 Å². The van der Waals surface area contributed by atoms with Gasteiger partial charge < -0.3 is 23.7 Å². The van der Waals surface area contributed by atoms with Crippen LogP contribution in [0.1, 0.15) is 13.8 Å². The highest BCUT2D eigenvalue weighted by Crippen LogP contribution is 2.37. The fraction of sp³-hybridized carbons (Fsp3) is 0.368. The van der Waals surface area contributed by atoms with E-state index in [1.165, 1.54) is 18.2 Å². The van der Waals surface area contributed by atoms with E-state index in [4.69, 9.17) is 30.5 Å². The Morgan fingerprint density at radius 2 is 1.68 bits per heavy atom. The molecule has 0 amide bonds. The third kappa shape index (κ3) is 7.78. The number of nitro benzene ring substituents is 1. The van der Waals surface area contributed by atoms with Gasteiger partial charge in [-0.2, -0.15) is 0 Å². The minimum absolute atomic E-state index is 0.0116. The Balaban J connectivity index is 2.20. The van der Waals surface area contributed by atoms with Crippen LogP contribution in [0.25, 0.3) is 0 Å². The summed E-state index contributed by atoms with van der Waals surface area (Å²) in [5.74, 6) is -0.510. The monoisotopic (exact) mass is 465 g/mol. The molecular weight excluding hydrogens is 447 g/mol. The van der Waals surface area contributed by atoms with Gasteiger partial charge in [0.05, 0.1) is 9.95 Å². The minimum atomic E-state index is -4.86. The van der Waals surface area contributed by atoms with Crippen LogP contribution in [0.15, 0.2) is 36.4 Å². The van der Waals surface area contributed by atoms with Crippen molar-refractivity contribution < 1.29 is 41.8 Å². The summed E-state index contributed by atoms with van der Waals surface area (Å²) in [4.78, 5) is 10.7. The van der Waals surface area contributed by atoms with Crippen LogP contribution in [-0.4, -0.2) is 37.4 Å². The van der Waals surface area contributed by atoms with Gasteiger partial charge in [-0.15, -0.1) is 13.2 Å². The van der Waals surface area contributed by atoms with E-state index in [0.717, 1.165) is 18.2 Å². The molecule has 0 heterocycles. The summed E-state index contributed by atoms with van der Waals surface area (Å²) < 4.78 is 62.4. The molecule has 0 spiro atoms. The minimum Gasteiger partial charge on any atom is -0.481 e. The molecule has 0 saturated carbocycles. The topological polar surface area (TPSA) is 89.3 Å². The highest BCUT2D eigenvalue weighted by Gasteiger charge is 2.31. The van der Waals surface area contributed by atoms with E-state index in [2.05, 4.69) is 4.74 Å². The van der Waals surface area contributed by atoms with E-state index in [1.807, 2.05) is 0 Å². The Morgan fingerprint density at radius 3 is 2.23 bits per heavy atom. The molecule has 170 valence electrons. The van der Waals surface area contributed by atoms with E-state index >= 15 is 0 Å². The lowest BCUT2D eigenvalue weighted by Crippen LogP contribution is -2.25. The van der Waals surface area contributed by atoms with Crippen molar-refractivity contribution >= 4 is 17.3 Å². The zero-order chi connectivity index (χ0) is 23.0. The summed E-state index contributed by atoms with van der Waals surface area (Å²) in [6, 6.07) is 6.84. The molecular formula is C19H19ClF3NO7. The first kappa shape index (κ1) is 24.5. The molecule has 0 aliphatic heterocycles. The van der Waals surface area contributed by atoms with Crippen LogP contribution in [-0.2, 0) is 9.47 Å². The Labute approximate surface area is 180 Å². The van der Waals surface area contributed by atoms with E-state index in [1.54, 1.807) is 13.8 Å². The van der Waals surface area contributed by atoms with Crippen molar-refractivity contribution in [2.24, 2.45) is 0 Å². The molecule has 0 aromatic heterocycles.